The average Bonchev–Trinajstić information content (AvgIpc) is 2.47. The molecule has 0 aliphatic heterocycles. The van der Waals surface area contributed by atoms with E-state index in [1.807, 2.05) is 39.8 Å². The molecular formula is C18H26N2O2. The van der Waals surface area contributed by atoms with E-state index in [4.69, 9.17) is 0 Å². The van der Waals surface area contributed by atoms with Crippen LogP contribution in [0.2, 0.25) is 0 Å². The van der Waals surface area contributed by atoms with E-state index in [1.165, 1.54) is 5.56 Å². The molecule has 120 valence electrons. The molecule has 0 bridgehead atoms. The summed E-state index contributed by atoms with van der Waals surface area (Å²) >= 11 is 0. The topological polar surface area (TPSA) is 58.2 Å². The highest BCUT2D eigenvalue weighted by Crippen LogP contribution is 2.32. The molecule has 1 aliphatic carbocycles. The fourth-order valence-corrected chi connectivity index (χ4v) is 2.65. The van der Waals surface area contributed by atoms with Crippen LogP contribution in [0, 0.1) is 11.8 Å². The lowest BCUT2D eigenvalue weighted by Gasteiger charge is -2.28. The number of hydrogen-bond acceptors (Lipinski definition) is 2. The minimum Gasteiger partial charge on any atom is -0.349 e. The molecule has 4 heteroatoms. The summed E-state index contributed by atoms with van der Waals surface area (Å²) in [4.78, 5) is 23.8. The van der Waals surface area contributed by atoms with E-state index in [-0.39, 0.29) is 29.7 Å². The summed E-state index contributed by atoms with van der Waals surface area (Å²) in [5, 5.41) is 6.06. The van der Waals surface area contributed by atoms with Gasteiger partial charge in [0.2, 0.25) is 11.8 Å². The molecule has 4 nitrogen and oxygen atoms in total. The molecule has 0 radical (unpaired) electrons. The Hall–Kier alpha value is -1.84. The van der Waals surface area contributed by atoms with E-state index in [1.54, 1.807) is 0 Å². The van der Waals surface area contributed by atoms with Gasteiger partial charge in [0.15, 0.2) is 0 Å². The Morgan fingerprint density at radius 3 is 2.41 bits per heavy atom. The number of fused-ring (bicyclic) bond motifs is 1. The summed E-state index contributed by atoms with van der Waals surface area (Å²) in [6.07, 6.45) is 3.06. The summed E-state index contributed by atoms with van der Waals surface area (Å²) in [6.45, 7) is 7.55. The molecule has 0 unspecified atom stereocenters. The Morgan fingerprint density at radius 2 is 1.77 bits per heavy atom. The molecule has 0 spiro atoms. The number of rotatable bonds is 4. The molecule has 2 N–H and O–H groups in total. The molecule has 0 saturated carbocycles. The Kier molecular flexibility index (Phi) is 5.22. The zero-order valence-electron chi connectivity index (χ0n) is 13.9. The van der Waals surface area contributed by atoms with Crippen molar-refractivity contribution in [3.05, 3.63) is 29.3 Å². The first-order valence-corrected chi connectivity index (χ1v) is 8.12. The Morgan fingerprint density at radius 1 is 1.09 bits per heavy atom. The minimum absolute atomic E-state index is 0.0125. The first kappa shape index (κ1) is 16.5. The zero-order valence-corrected chi connectivity index (χ0v) is 13.9. The lowest BCUT2D eigenvalue weighted by molar-refractivity contribution is -0.125. The second-order valence-corrected chi connectivity index (χ2v) is 6.67. The third-order valence-corrected chi connectivity index (χ3v) is 4.09. The molecule has 2 amide bonds. The first-order chi connectivity index (χ1) is 10.4. The van der Waals surface area contributed by atoms with E-state index in [0.717, 1.165) is 30.5 Å². The highest BCUT2D eigenvalue weighted by Gasteiger charge is 2.23. The summed E-state index contributed by atoms with van der Waals surface area (Å²) in [5.41, 5.74) is 3.22. The molecule has 22 heavy (non-hydrogen) atoms. The third-order valence-electron chi connectivity index (χ3n) is 4.09. The summed E-state index contributed by atoms with van der Waals surface area (Å²) < 4.78 is 0. The average molecular weight is 302 g/mol. The molecule has 0 heterocycles. The quantitative estimate of drug-likeness (QED) is 0.895. The predicted molar refractivity (Wildman–Crippen MR) is 88.6 cm³/mol. The highest BCUT2D eigenvalue weighted by molar-refractivity contribution is 5.92. The second kappa shape index (κ2) is 6.95. The largest absolute Gasteiger partial charge is 0.349 e. The molecule has 1 atom stereocenters. The van der Waals surface area contributed by atoms with Gasteiger partial charge < -0.3 is 10.6 Å². The Balaban J connectivity index is 2.20. The van der Waals surface area contributed by atoms with Gasteiger partial charge in [-0.15, -0.1) is 0 Å². The van der Waals surface area contributed by atoms with Gasteiger partial charge >= 0.3 is 0 Å². The fraction of sp³-hybridized carbons (Fsp3) is 0.556. The molecule has 1 aromatic rings. The van der Waals surface area contributed by atoms with Crippen molar-refractivity contribution in [3.63, 3.8) is 0 Å². The maximum absolute atomic E-state index is 12.0. The van der Waals surface area contributed by atoms with Crippen LogP contribution in [0.25, 0.3) is 0 Å². The van der Waals surface area contributed by atoms with E-state index in [2.05, 4.69) is 16.7 Å². The summed E-state index contributed by atoms with van der Waals surface area (Å²) in [5.74, 6) is 0.0228. The lowest BCUT2D eigenvalue weighted by Crippen LogP contribution is -2.33. The summed E-state index contributed by atoms with van der Waals surface area (Å²) in [7, 11) is 0. The highest BCUT2D eigenvalue weighted by atomic mass is 16.2. The molecule has 0 saturated heterocycles. The van der Waals surface area contributed by atoms with Crippen molar-refractivity contribution in [3.8, 4) is 0 Å². The summed E-state index contributed by atoms with van der Waals surface area (Å²) in [6, 6.07) is 6.08. The number of amides is 2. The van der Waals surface area contributed by atoms with E-state index < -0.39 is 0 Å². The van der Waals surface area contributed by atoms with Crippen LogP contribution in [0.3, 0.4) is 0 Å². The van der Waals surface area contributed by atoms with Gasteiger partial charge in [0.05, 0.1) is 6.04 Å². The number of aryl methyl sites for hydroxylation is 1. The number of benzene rings is 1. The van der Waals surface area contributed by atoms with Crippen molar-refractivity contribution in [2.45, 2.75) is 53.0 Å². The van der Waals surface area contributed by atoms with Crippen LogP contribution in [0.5, 0.6) is 0 Å². The number of anilines is 1. The molecule has 2 rings (SSSR count). The van der Waals surface area contributed by atoms with E-state index >= 15 is 0 Å². The van der Waals surface area contributed by atoms with Crippen molar-refractivity contribution in [2.24, 2.45) is 11.8 Å². The van der Waals surface area contributed by atoms with E-state index in [0.29, 0.717) is 0 Å². The van der Waals surface area contributed by atoms with Gasteiger partial charge in [-0.1, -0.05) is 33.8 Å². The number of nitrogens with one attached hydrogen (secondary N) is 2. The van der Waals surface area contributed by atoms with E-state index in [9.17, 15) is 9.59 Å². The van der Waals surface area contributed by atoms with Crippen LogP contribution in [0.4, 0.5) is 5.69 Å². The van der Waals surface area contributed by atoms with Crippen LogP contribution >= 0.6 is 0 Å². The number of carbonyl (C=O) groups excluding carboxylic acids is 2. The van der Waals surface area contributed by atoms with Crippen LogP contribution in [0.1, 0.15) is 57.7 Å². The van der Waals surface area contributed by atoms with Crippen molar-refractivity contribution in [2.75, 3.05) is 5.32 Å². The normalized spacial score (nSPS) is 17.3. The van der Waals surface area contributed by atoms with Crippen LogP contribution in [0.15, 0.2) is 18.2 Å². The van der Waals surface area contributed by atoms with Crippen LogP contribution in [-0.4, -0.2) is 11.8 Å². The molecular weight excluding hydrogens is 276 g/mol. The monoisotopic (exact) mass is 302 g/mol. The Labute approximate surface area is 132 Å². The third kappa shape index (κ3) is 3.87. The second-order valence-electron chi connectivity index (χ2n) is 6.67. The van der Waals surface area contributed by atoms with Crippen molar-refractivity contribution >= 4 is 17.5 Å². The SMILES string of the molecule is CC(C)C(=O)Nc1ccc2c(c1)[C@H](NC(=O)C(C)C)CCC2. The van der Waals surface area contributed by atoms with Crippen LogP contribution in [-0.2, 0) is 16.0 Å². The van der Waals surface area contributed by atoms with Crippen molar-refractivity contribution < 1.29 is 9.59 Å². The lowest BCUT2D eigenvalue weighted by atomic mass is 9.87. The van der Waals surface area contributed by atoms with Crippen molar-refractivity contribution in [1.29, 1.82) is 0 Å². The smallest absolute Gasteiger partial charge is 0.226 e. The van der Waals surface area contributed by atoms with Gasteiger partial charge in [0.25, 0.3) is 0 Å². The number of carbonyl (C=O) groups is 2. The molecule has 1 aromatic carbocycles. The fourth-order valence-electron chi connectivity index (χ4n) is 2.65. The standard InChI is InChI=1S/C18H26N2O2/c1-11(2)17(21)19-14-9-8-13-6-5-7-16(15(13)10-14)20-18(22)12(3)4/h8-12,16H,5-7H2,1-4H3,(H,19,21)(H,20,22)/t16-/m1/s1. The van der Waals surface area contributed by atoms with Gasteiger partial charge in [-0.3, -0.25) is 9.59 Å². The molecule has 1 aliphatic rings. The van der Waals surface area contributed by atoms with Gasteiger partial charge in [-0.05, 0) is 42.5 Å². The zero-order chi connectivity index (χ0) is 16.3. The molecule has 0 fully saturated rings. The van der Waals surface area contributed by atoms with Crippen LogP contribution < -0.4 is 10.6 Å². The minimum atomic E-state index is -0.0486. The van der Waals surface area contributed by atoms with Gasteiger partial charge in [0.1, 0.15) is 0 Å². The van der Waals surface area contributed by atoms with Gasteiger partial charge in [-0.25, -0.2) is 0 Å². The first-order valence-electron chi connectivity index (χ1n) is 8.12. The Bertz CT molecular complexity index is 564. The predicted octanol–water partition coefficient (Wildman–Crippen LogP) is 3.43. The maximum atomic E-state index is 12.0. The van der Waals surface area contributed by atoms with Gasteiger partial charge in [-0.2, -0.15) is 0 Å². The number of hydrogen-bond donors (Lipinski definition) is 2. The molecule has 0 aromatic heterocycles. The maximum Gasteiger partial charge on any atom is 0.226 e. The van der Waals surface area contributed by atoms with Crippen molar-refractivity contribution in [1.82, 2.24) is 5.32 Å². The van der Waals surface area contributed by atoms with Gasteiger partial charge in [0, 0.05) is 17.5 Å².